The standard InChI is InChI=1S/C26H40N2O3/c1-17(2)13-22(27-7)24(29)16-21(15-20-11-9-8-10-12-20)26(31)28-23(14-18(3)4)25(30)19(5)6/h8-12,17-18,21-23,27H,5,13-16H2,1-4,6-7H3,(H,28,31)/t21?,22-,23-/m0/s1. The second-order valence-corrected chi connectivity index (χ2v) is 9.36. The van der Waals surface area contributed by atoms with Crippen molar-refractivity contribution in [3.63, 3.8) is 0 Å². The molecule has 1 amide bonds. The van der Waals surface area contributed by atoms with Crippen molar-refractivity contribution in [2.45, 2.75) is 72.4 Å². The molecule has 0 aliphatic heterocycles. The third-order valence-electron chi connectivity index (χ3n) is 5.35. The van der Waals surface area contributed by atoms with Crippen LogP contribution >= 0.6 is 0 Å². The Hall–Kier alpha value is -2.27. The fourth-order valence-electron chi connectivity index (χ4n) is 3.71. The zero-order valence-electron chi connectivity index (χ0n) is 20.0. The van der Waals surface area contributed by atoms with Gasteiger partial charge in [0, 0.05) is 12.3 Å². The molecule has 0 fully saturated rings. The lowest BCUT2D eigenvalue weighted by atomic mass is 9.88. The van der Waals surface area contributed by atoms with Crippen molar-refractivity contribution in [3.8, 4) is 0 Å². The van der Waals surface area contributed by atoms with Crippen molar-refractivity contribution < 1.29 is 14.4 Å². The zero-order chi connectivity index (χ0) is 23.6. The van der Waals surface area contributed by atoms with Crippen LogP contribution in [0.25, 0.3) is 0 Å². The van der Waals surface area contributed by atoms with Crippen LogP contribution in [0, 0.1) is 17.8 Å². The Labute approximate surface area is 188 Å². The Bertz CT molecular complexity index is 740. The second-order valence-electron chi connectivity index (χ2n) is 9.36. The SMILES string of the molecule is C=C(C)C(=O)[C@H](CC(C)C)NC(=O)C(CC(=O)[C@H](CC(C)C)NC)Cc1ccccc1. The average Bonchev–Trinajstić information content (AvgIpc) is 2.70. The molecule has 1 rings (SSSR count). The van der Waals surface area contributed by atoms with E-state index in [-0.39, 0.29) is 35.9 Å². The molecule has 0 heterocycles. The van der Waals surface area contributed by atoms with E-state index in [1.54, 1.807) is 14.0 Å². The number of carbonyl (C=O) groups is 3. The largest absolute Gasteiger partial charge is 0.346 e. The van der Waals surface area contributed by atoms with E-state index in [1.807, 2.05) is 44.2 Å². The highest BCUT2D eigenvalue weighted by Gasteiger charge is 2.30. The molecule has 0 aliphatic carbocycles. The summed E-state index contributed by atoms with van der Waals surface area (Å²) in [5.74, 6) is -0.310. The third-order valence-corrected chi connectivity index (χ3v) is 5.35. The Morgan fingerprint density at radius 1 is 0.935 bits per heavy atom. The van der Waals surface area contributed by atoms with Crippen molar-refractivity contribution in [2.24, 2.45) is 17.8 Å². The van der Waals surface area contributed by atoms with E-state index in [9.17, 15) is 14.4 Å². The van der Waals surface area contributed by atoms with Gasteiger partial charge in [-0.15, -0.1) is 0 Å². The molecule has 0 aromatic heterocycles. The second kappa shape index (κ2) is 13.2. The topological polar surface area (TPSA) is 75.3 Å². The summed E-state index contributed by atoms with van der Waals surface area (Å²) in [6.45, 7) is 13.6. The van der Waals surface area contributed by atoms with E-state index < -0.39 is 12.0 Å². The van der Waals surface area contributed by atoms with Crippen molar-refractivity contribution in [1.29, 1.82) is 0 Å². The first-order valence-electron chi connectivity index (χ1n) is 11.3. The van der Waals surface area contributed by atoms with Gasteiger partial charge >= 0.3 is 0 Å². The lowest BCUT2D eigenvalue weighted by Crippen LogP contribution is -2.46. The number of rotatable bonds is 14. The van der Waals surface area contributed by atoms with Gasteiger partial charge in [0.2, 0.25) is 5.91 Å². The van der Waals surface area contributed by atoms with Gasteiger partial charge in [-0.2, -0.15) is 0 Å². The average molecular weight is 429 g/mol. The van der Waals surface area contributed by atoms with Crippen LogP contribution in [-0.2, 0) is 20.8 Å². The minimum Gasteiger partial charge on any atom is -0.346 e. The zero-order valence-corrected chi connectivity index (χ0v) is 20.0. The first-order chi connectivity index (χ1) is 14.5. The van der Waals surface area contributed by atoms with Crippen LogP contribution in [0.1, 0.15) is 59.4 Å². The molecule has 0 saturated heterocycles. The maximum absolute atomic E-state index is 13.3. The van der Waals surface area contributed by atoms with Gasteiger partial charge in [0.15, 0.2) is 11.6 Å². The lowest BCUT2D eigenvalue weighted by Gasteiger charge is -2.25. The summed E-state index contributed by atoms with van der Waals surface area (Å²) in [6.07, 6.45) is 1.84. The highest BCUT2D eigenvalue weighted by molar-refractivity contribution is 6.01. The van der Waals surface area contributed by atoms with Crippen molar-refractivity contribution in [3.05, 3.63) is 48.0 Å². The number of likely N-dealkylation sites (N-methyl/N-ethyl adjacent to an activating group) is 1. The summed E-state index contributed by atoms with van der Waals surface area (Å²) in [5, 5.41) is 6.03. The molecular formula is C26H40N2O3. The Morgan fingerprint density at radius 3 is 1.97 bits per heavy atom. The maximum Gasteiger partial charge on any atom is 0.224 e. The number of hydrogen-bond donors (Lipinski definition) is 2. The molecule has 5 nitrogen and oxygen atoms in total. The monoisotopic (exact) mass is 428 g/mol. The van der Waals surface area contributed by atoms with Crippen LogP contribution in [0.2, 0.25) is 0 Å². The van der Waals surface area contributed by atoms with Crippen LogP contribution in [0.3, 0.4) is 0 Å². The van der Waals surface area contributed by atoms with Crippen molar-refractivity contribution in [2.75, 3.05) is 7.05 Å². The van der Waals surface area contributed by atoms with Gasteiger partial charge < -0.3 is 10.6 Å². The molecule has 0 radical (unpaired) electrons. The number of nitrogens with one attached hydrogen (secondary N) is 2. The molecule has 0 bridgehead atoms. The third kappa shape index (κ3) is 9.60. The number of amides is 1. The fourth-order valence-corrected chi connectivity index (χ4v) is 3.71. The van der Waals surface area contributed by atoms with Gasteiger partial charge in [-0.05, 0) is 56.2 Å². The number of benzene rings is 1. The van der Waals surface area contributed by atoms with Gasteiger partial charge in [-0.3, -0.25) is 14.4 Å². The molecule has 31 heavy (non-hydrogen) atoms. The van der Waals surface area contributed by atoms with Crippen LogP contribution < -0.4 is 10.6 Å². The van der Waals surface area contributed by atoms with E-state index >= 15 is 0 Å². The summed E-state index contributed by atoms with van der Waals surface area (Å²) in [6, 6.07) is 8.79. The van der Waals surface area contributed by atoms with Crippen LogP contribution in [-0.4, -0.2) is 36.6 Å². The van der Waals surface area contributed by atoms with Crippen LogP contribution in [0.15, 0.2) is 42.5 Å². The minimum atomic E-state index is -0.617. The molecule has 1 unspecified atom stereocenters. The van der Waals surface area contributed by atoms with Gasteiger partial charge in [-0.1, -0.05) is 64.6 Å². The van der Waals surface area contributed by atoms with Crippen molar-refractivity contribution >= 4 is 17.5 Å². The summed E-state index contributed by atoms with van der Waals surface area (Å²) in [5.41, 5.74) is 1.42. The van der Waals surface area contributed by atoms with Gasteiger partial charge in [0.05, 0.1) is 12.1 Å². The lowest BCUT2D eigenvalue weighted by molar-refractivity contribution is -0.132. The van der Waals surface area contributed by atoms with Gasteiger partial charge in [0.25, 0.3) is 0 Å². The molecular weight excluding hydrogens is 388 g/mol. The molecule has 1 aromatic rings. The maximum atomic E-state index is 13.3. The number of hydrogen-bond acceptors (Lipinski definition) is 4. The molecule has 0 aliphatic rings. The highest BCUT2D eigenvalue weighted by Crippen LogP contribution is 2.18. The molecule has 2 N–H and O–H groups in total. The number of carbonyl (C=O) groups excluding carboxylic acids is 3. The normalized spacial score (nSPS) is 14.2. The molecule has 5 heteroatoms. The fraction of sp³-hybridized carbons (Fsp3) is 0.577. The van der Waals surface area contributed by atoms with E-state index in [2.05, 4.69) is 31.1 Å². The summed E-state index contributed by atoms with van der Waals surface area (Å²) in [4.78, 5) is 38.9. The van der Waals surface area contributed by atoms with E-state index in [1.165, 1.54) is 0 Å². The Kier molecular flexibility index (Phi) is 11.4. The predicted octanol–water partition coefficient (Wildman–Crippen LogP) is 4.11. The quantitative estimate of drug-likeness (QED) is 0.437. The van der Waals surface area contributed by atoms with Crippen molar-refractivity contribution in [1.82, 2.24) is 10.6 Å². The molecule has 0 saturated carbocycles. The minimum absolute atomic E-state index is 0.0268. The van der Waals surface area contributed by atoms with Crippen LogP contribution in [0.4, 0.5) is 0 Å². The summed E-state index contributed by atoms with van der Waals surface area (Å²) in [7, 11) is 1.78. The first-order valence-corrected chi connectivity index (χ1v) is 11.3. The smallest absolute Gasteiger partial charge is 0.224 e. The summed E-state index contributed by atoms with van der Waals surface area (Å²) >= 11 is 0. The molecule has 3 atom stereocenters. The summed E-state index contributed by atoms with van der Waals surface area (Å²) < 4.78 is 0. The van der Waals surface area contributed by atoms with Gasteiger partial charge in [0.1, 0.15) is 0 Å². The highest BCUT2D eigenvalue weighted by atomic mass is 16.2. The van der Waals surface area contributed by atoms with Crippen LogP contribution in [0.5, 0.6) is 0 Å². The molecule has 1 aromatic carbocycles. The Balaban J connectivity index is 3.07. The molecule has 172 valence electrons. The van der Waals surface area contributed by atoms with E-state index in [4.69, 9.17) is 0 Å². The Morgan fingerprint density at radius 2 is 1.48 bits per heavy atom. The number of Topliss-reactive ketones (excluding diaryl/α,β-unsaturated/α-hetero) is 2. The van der Waals surface area contributed by atoms with E-state index in [0.717, 1.165) is 12.0 Å². The van der Waals surface area contributed by atoms with Gasteiger partial charge in [-0.25, -0.2) is 0 Å². The number of ketones is 2. The predicted molar refractivity (Wildman–Crippen MR) is 127 cm³/mol. The first kappa shape index (κ1) is 26.8. The molecule has 0 spiro atoms. The van der Waals surface area contributed by atoms with E-state index in [0.29, 0.717) is 24.3 Å².